The lowest BCUT2D eigenvalue weighted by Gasteiger charge is -2.33. The van der Waals surface area contributed by atoms with Gasteiger partial charge in [-0.05, 0) is 74.1 Å². The maximum Gasteiger partial charge on any atom is 0.326 e. The number of ether oxygens (including phenoxy) is 1. The van der Waals surface area contributed by atoms with E-state index in [-0.39, 0.29) is 30.8 Å². The summed E-state index contributed by atoms with van der Waals surface area (Å²) in [5, 5.41) is 5.97. The van der Waals surface area contributed by atoms with Gasteiger partial charge in [0.25, 0.3) is 5.91 Å². The Labute approximate surface area is 199 Å². The molecule has 1 aliphatic carbocycles. The Morgan fingerprint density at radius 2 is 1.94 bits per heavy atom. The van der Waals surface area contributed by atoms with E-state index in [9.17, 15) is 14.0 Å². The number of amides is 3. The molecule has 3 amide bonds. The van der Waals surface area contributed by atoms with Gasteiger partial charge in [0.05, 0.1) is 6.54 Å². The van der Waals surface area contributed by atoms with Gasteiger partial charge in [-0.25, -0.2) is 9.18 Å². The molecule has 2 aromatic rings. The summed E-state index contributed by atoms with van der Waals surface area (Å²) in [5.41, 5.74) is 3.93. The molecule has 0 atom stereocenters. The van der Waals surface area contributed by atoms with Gasteiger partial charge in [-0.15, -0.1) is 0 Å². The highest BCUT2D eigenvalue weighted by atomic mass is 19.1. The predicted octanol–water partition coefficient (Wildman–Crippen LogP) is 4.25. The van der Waals surface area contributed by atoms with E-state index >= 15 is 0 Å². The van der Waals surface area contributed by atoms with Crippen LogP contribution in [0.1, 0.15) is 47.2 Å². The number of benzene rings is 2. The molecule has 2 aliphatic heterocycles. The largest absolute Gasteiger partial charge is 0.490 e. The molecule has 0 unspecified atom stereocenters. The van der Waals surface area contributed by atoms with Crippen molar-refractivity contribution in [1.29, 1.82) is 0 Å². The smallest absolute Gasteiger partial charge is 0.326 e. The second kappa shape index (κ2) is 9.62. The fraction of sp³-hybridized carbons (Fsp3) is 0.462. The number of urea groups is 1. The number of nitrogens with one attached hydrogen (secondary N) is 2. The van der Waals surface area contributed by atoms with Gasteiger partial charge in [-0.1, -0.05) is 6.07 Å². The Bertz CT molecular complexity index is 1080. The molecule has 2 fully saturated rings. The molecule has 5 rings (SSSR count). The lowest BCUT2D eigenvalue weighted by molar-refractivity contribution is 0.0950. The number of rotatable bonds is 7. The van der Waals surface area contributed by atoms with Crippen LogP contribution in [-0.2, 0) is 6.54 Å². The van der Waals surface area contributed by atoms with Crippen molar-refractivity contribution in [3.05, 3.63) is 53.1 Å². The average molecular weight is 467 g/mol. The number of piperidine rings is 1. The van der Waals surface area contributed by atoms with Crippen molar-refractivity contribution in [2.45, 2.75) is 51.3 Å². The standard InChI is InChI=1S/C26H31FN4O3/c1-17-2-3-18(25(32)28-20-4-5-20)15-24(17)31-16-19-14-22(6-7-23(19)29-26(31)33)34-21-8-11-30(12-9-21)13-10-27/h2-3,6-7,14-15,20-21H,4-5,8-13,16H2,1H3,(H,28,32)(H,29,33). The highest BCUT2D eigenvalue weighted by molar-refractivity contribution is 6.05. The number of aryl methyl sites for hydroxylation is 1. The molecule has 7 nitrogen and oxygen atoms in total. The van der Waals surface area contributed by atoms with E-state index in [0.29, 0.717) is 18.7 Å². The first-order valence-electron chi connectivity index (χ1n) is 12.1. The van der Waals surface area contributed by atoms with Crippen molar-refractivity contribution in [3.63, 3.8) is 0 Å². The van der Waals surface area contributed by atoms with Crippen molar-refractivity contribution >= 4 is 23.3 Å². The third kappa shape index (κ3) is 5.01. The van der Waals surface area contributed by atoms with E-state index in [0.717, 1.165) is 67.0 Å². The minimum atomic E-state index is -0.313. The molecular weight excluding hydrogens is 435 g/mol. The van der Waals surface area contributed by atoms with Crippen LogP contribution < -0.4 is 20.3 Å². The second-order valence-corrected chi connectivity index (χ2v) is 9.43. The van der Waals surface area contributed by atoms with Crippen molar-refractivity contribution in [2.75, 3.05) is 36.5 Å². The second-order valence-electron chi connectivity index (χ2n) is 9.43. The van der Waals surface area contributed by atoms with Gasteiger partial charge in [0, 0.05) is 42.6 Å². The minimum absolute atomic E-state index is 0.102. The zero-order valence-corrected chi connectivity index (χ0v) is 19.5. The topological polar surface area (TPSA) is 73.9 Å². The zero-order valence-electron chi connectivity index (χ0n) is 19.5. The van der Waals surface area contributed by atoms with Crippen LogP contribution in [0, 0.1) is 6.92 Å². The maximum absolute atomic E-state index is 12.9. The Kier molecular flexibility index (Phi) is 6.41. The molecule has 180 valence electrons. The SMILES string of the molecule is Cc1ccc(C(=O)NC2CC2)cc1N1Cc2cc(OC3CCN(CCF)CC3)ccc2NC1=O. The Balaban J connectivity index is 1.30. The molecule has 34 heavy (non-hydrogen) atoms. The monoisotopic (exact) mass is 466 g/mol. The molecule has 3 aliphatic rings. The number of alkyl halides is 1. The molecule has 0 bridgehead atoms. The van der Waals surface area contributed by atoms with Crippen LogP contribution in [0.4, 0.5) is 20.6 Å². The summed E-state index contributed by atoms with van der Waals surface area (Å²) in [7, 11) is 0. The molecule has 0 radical (unpaired) electrons. The Hall–Kier alpha value is -3.13. The van der Waals surface area contributed by atoms with Crippen molar-refractivity contribution in [2.24, 2.45) is 0 Å². The first-order chi connectivity index (χ1) is 16.5. The molecule has 8 heteroatoms. The van der Waals surface area contributed by atoms with Gasteiger partial charge >= 0.3 is 6.03 Å². The number of halogens is 1. The van der Waals surface area contributed by atoms with Crippen LogP contribution in [0.25, 0.3) is 0 Å². The third-order valence-corrected chi connectivity index (χ3v) is 6.80. The van der Waals surface area contributed by atoms with E-state index in [1.807, 2.05) is 31.2 Å². The van der Waals surface area contributed by atoms with Gasteiger partial charge in [-0.3, -0.25) is 9.69 Å². The van der Waals surface area contributed by atoms with Crippen molar-refractivity contribution < 1.29 is 18.7 Å². The number of carbonyl (C=O) groups is 2. The third-order valence-electron chi connectivity index (χ3n) is 6.80. The number of nitrogens with zero attached hydrogens (tertiary/aromatic N) is 2. The summed E-state index contributed by atoms with van der Waals surface area (Å²) in [6.07, 6.45) is 3.89. The van der Waals surface area contributed by atoms with Gasteiger partial charge in [-0.2, -0.15) is 0 Å². The van der Waals surface area contributed by atoms with E-state index in [4.69, 9.17) is 4.74 Å². The summed E-state index contributed by atoms with van der Waals surface area (Å²) < 4.78 is 18.8. The highest BCUT2D eigenvalue weighted by Crippen LogP contribution is 2.33. The van der Waals surface area contributed by atoms with E-state index in [1.165, 1.54) is 0 Å². The summed E-state index contributed by atoms with van der Waals surface area (Å²) in [6, 6.07) is 11.3. The van der Waals surface area contributed by atoms with Gasteiger partial charge < -0.3 is 20.3 Å². The molecule has 2 aromatic carbocycles. The lowest BCUT2D eigenvalue weighted by atomic mass is 10.0. The number of carbonyl (C=O) groups excluding carboxylic acids is 2. The fourth-order valence-corrected chi connectivity index (χ4v) is 4.62. The normalized spacial score (nSPS) is 18.9. The Morgan fingerprint density at radius 1 is 1.15 bits per heavy atom. The van der Waals surface area contributed by atoms with Crippen LogP contribution in [-0.4, -0.2) is 55.3 Å². The van der Waals surface area contributed by atoms with Gasteiger partial charge in [0.2, 0.25) is 0 Å². The molecule has 2 N–H and O–H groups in total. The lowest BCUT2D eigenvalue weighted by Crippen LogP contribution is -2.40. The zero-order chi connectivity index (χ0) is 23.7. The van der Waals surface area contributed by atoms with Gasteiger partial charge in [0.1, 0.15) is 18.5 Å². The maximum atomic E-state index is 12.9. The molecular formula is C26H31FN4O3. The molecule has 2 heterocycles. The predicted molar refractivity (Wildman–Crippen MR) is 129 cm³/mol. The average Bonchev–Trinajstić information content (AvgIpc) is 3.65. The first kappa shape index (κ1) is 22.7. The number of likely N-dealkylation sites (tertiary alicyclic amines) is 1. The van der Waals surface area contributed by atoms with Crippen molar-refractivity contribution in [3.8, 4) is 5.75 Å². The van der Waals surface area contributed by atoms with Crippen molar-refractivity contribution in [1.82, 2.24) is 10.2 Å². The first-order valence-corrected chi connectivity index (χ1v) is 12.1. The van der Waals surface area contributed by atoms with E-state index < -0.39 is 0 Å². The minimum Gasteiger partial charge on any atom is -0.490 e. The van der Waals surface area contributed by atoms with Crippen LogP contribution in [0.15, 0.2) is 36.4 Å². The number of fused-ring (bicyclic) bond motifs is 1. The fourth-order valence-electron chi connectivity index (χ4n) is 4.62. The van der Waals surface area contributed by atoms with E-state index in [1.54, 1.807) is 17.0 Å². The number of anilines is 2. The number of hydrogen-bond donors (Lipinski definition) is 2. The summed E-state index contributed by atoms with van der Waals surface area (Å²) in [4.78, 5) is 29.3. The molecule has 0 spiro atoms. The molecule has 1 saturated carbocycles. The van der Waals surface area contributed by atoms with Crippen LogP contribution in [0.5, 0.6) is 5.75 Å². The molecule has 0 aromatic heterocycles. The van der Waals surface area contributed by atoms with Gasteiger partial charge in [0.15, 0.2) is 0 Å². The quantitative estimate of drug-likeness (QED) is 0.640. The van der Waals surface area contributed by atoms with Crippen LogP contribution >= 0.6 is 0 Å². The summed E-state index contributed by atoms with van der Waals surface area (Å²) in [5.74, 6) is 0.669. The number of hydrogen-bond acceptors (Lipinski definition) is 4. The van der Waals surface area contributed by atoms with E-state index in [2.05, 4.69) is 15.5 Å². The van der Waals surface area contributed by atoms with Crippen LogP contribution in [0.3, 0.4) is 0 Å². The molecule has 1 saturated heterocycles. The van der Waals surface area contributed by atoms with Crippen LogP contribution in [0.2, 0.25) is 0 Å². The Morgan fingerprint density at radius 3 is 2.68 bits per heavy atom. The summed E-state index contributed by atoms with van der Waals surface area (Å²) >= 11 is 0. The summed E-state index contributed by atoms with van der Waals surface area (Å²) in [6.45, 7) is 4.19. The highest BCUT2D eigenvalue weighted by Gasteiger charge is 2.28.